The summed E-state index contributed by atoms with van der Waals surface area (Å²) in [5.41, 5.74) is -3.81. The Hall–Kier alpha value is -2.00. The number of carbonyl (C=O) groups is 2. The van der Waals surface area contributed by atoms with Crippen molar-refractivity contribution in [1.29, 1.82) is 0 Å². The molecule has 8 rings (SSSR count). The lowest BCUT2D eigenvalue weighted by Crippen LogP contribution is -2.69. The van der Waals surface area contributed by atoms with Crippen LogP contribution in [-0.4, -0.2) is 205 Å². The maximum absolute atomic E-state index is 14.8. The predicted octanol–water partition coefficient (Wildman–Crippen LogP) is -2.12. The molecule has 0 spiro atoms. The van der Waals surface area contributed by atoms with E-state index >= 15 is 0 Å². The highest BCUT2D eigenvalue weighted by Gasteiger charge is 2.72. The Labute approximate surface area is 401 Å². The highest BCUT2D eigenvalue weighted by molar-refractivity contribution is 5.81. The third kappa shape index (κ3) is 8.16. The molecular formula is C48H76O21. The lowest BCUT2D eigenvalue weighted by molar-refractivity contribution is -0.357. The minimum Gasteiger partial charge on any atom is -0.469 e. The second-order valence-electron chi connectivity index (χ2n) is 22.9. The molecule has 21 heteroatoms. The summed E-state index contributed by atoms with van der Waals surface area (Å²) in [5.74, 6) is -1.90. The second kappa shape index (κ2) is 19.0. The Kier molecular flexibility index (Phi) is 14.7. The lowest BCUT2D eigenvalue weighted by atomic mass is 9.33. The number of hydrogen-bond donors (Lipinski definition) is 12. The SMILES string of the molecule is COC(=O)[C@@]1(C)CC[C@]2(C(=O)O[C@@H]3O[C@H](CO)[C@@H](O)[C@H](O)[C@H]3O)CC[C@]3(C)C(=CC[C@@H]4[C@]5(C)C[C@H](O)[C@@H](O[C@@H]6OC[C@@H](O[C@@H]7O[C@H](CO)[C@@H](O)[C@H](O)[C@H]7O)[C@H](O)[C@H]6O)[C@@](C)(CO)[C@H]5CC[C@]43C)[C@H]2C1. The van der Waals surface area contributed by atoms with Crippen LogP contribution in [0.1, 0.15) is 92.4 Å². The molecule has 21 nitrogen and oxygen atoms in total. The molecule has 8 aliphatic rings. The summed E-state index contributed by atoms with van der Waals surface area (Å²) >= 11 is 0. The van der Waals surface area contributed by atoms with Crippen molar-refractivity contribution in [3.05, 3.63) is 11.6 Å². The van der Waals surface area contributed by atoms with Crippen LogP contribution in [0.4, 0.5) is 0 Å². The van der Waals surface area contributed by atoms with Gasteiger partial charge in [-0.15, -0.1) is 0 Å². The van der Waals surface area contributed by atoms with E-state index < -0.39 is 175 Å². The van der Waals surface area contributed by atoms with Crippen LogP contribution in [0.15, 0.2) is 11.6 Å². The van der Waals surface area contributed by atoms with E-state index in [0.29, 0.717) is 38.5 Å². The van der Waals surface area contributed by atoms with E-state index in [1.807, 2.05) is 13.8 Å². The fourth-order valence-electron chi connectivity index (χ4n) is 15.1. The van der Waals surface area contributed by atoms with Crippen molar-refractivity contribution < 1.29 is 104 Å². The van der Waals surface area contributed by atoms with Gasteiger partial charge in [-0.3, -0.25) is 9.59 Å². The van der Waals surface area contributed by atoms with Crippen LogP contribution in [0.3, 0.4) is 0 Å². The Morgan fingerprint density at radius 3 is 1.87 bits per heavy atom. The number of fused-ring (bicyclic) bond motifs is 7. The molecule has 3 aliphatic heterocycles. The van der Waals surface area contributed by atoms with E-state index in [4.69, 9.17) is 33.2 Å². The van der Waals surface area contributed by atoms with Crippen LogP contribution in [0.25, 0.3) is 0 Å². The maximum Gasteiger partial charge on any atom is 0.315 e. The van der Waals surface area contributed by atoms with E-state index in [0.717, 1.165) is 5.57 Å². The molecule has 5 aliphatic carbocycles. The molecular weight excluding hydrogens is 913 g/mol. The summed E-state index contributed by atoms with van der Waals surface area (Å²) in [7, 11) is 1.34. The molecule has 3 heterocycles. The number of aliphatic hydroxyl groups excluding tert-OH is 12. The summed E-state index contributed by atoms with van der Waals surface area (Å²) < 4.78 is 40.3. The number of aliphatic hydroxyl groups is 12. The lowest BCUT2D eigenvalue weighted by Gasteiger charge is -2.71. The van der Waals surface area contributed by atoms with Gasteiger partial charge in [0.25, 0.3) is 0 Å². The number of rotatable bonds is 10. The summed E-state index contributed by atoms with van der Waals surface area (Å²) in [4.78, 5) is 28.3. The Morgan fingerprint density at radius 1 is 0.667 bits per heavy atom. The molecule has 394 valence electrons. The van der Waals surface area contributed by atoms with Gasteiger partial charge in [-0.25, -0.2) is 0 Å². The fourth-order valence-corrected chi connectivity index (χ4v) is 15.1. The van der Waals surface area contributed by atoms with E-state index in [1.54, 1.807) is 0 Å². The van der Waals surface area contributed by atoms with Gasteiger partial charge in [0.15, 0.2) is 12.6 Å². The maximum atomic E-state index is 14.8. The number of ether oxygens (including phenoxy) is 7. The average molecular weight is 989 g/mol. The molecule has 0 radical (unpaired) electrons. The zero-order valence-electron chi connectivity index (χ0n) is 40.3. The number of carbonyl (C=O) groups excluding carboxylic acids is 2. The van der Waals surface area contributed by atoms with Crippen LogP contribution in [0.5, 0.6) is 0 Å². The molecule has 12 N–H and O–H groups in total. The van der Waals surface area contributed by atoms with Gasteiger partial charge < -0.3 is 94.4 Å². The zero-order valence-corrected chi connectivity index (χ0v) is 40.3. The van der Waals surface area contributed by atoms with Crippen molar-refractivity contribution in [2.75, 3.05) is 33.5 Å². The molecule has 0 bridgehead atoms. The van der Waals surface area contributed by atoms with Gasteiger partial charge in [-0.05, 0) is 98.7 Å². The Morgan fingerprint density at radius 2 is 1.26 bits per heavy atom. The average Bonchev–Trinajstić information content (AvgIpc) is 3.32. The van der Waals surface area contributed by atoms with Gasteiger partial charge in [-0.2, -0.15) is 0 Å². The van der Waals surface area contributed by atoms with Crippen LogP contribution in [0.2, 0.25) is 0 Å². The van der Waals surface area contributed by atoms with Gasteiger partial charge in [0.1, 0.15) is 67.1 Å². The number of esters is 2. The number of methoxy groups -OCH3 is 1. The Balaban J connectivity index is 1.04. The Bertz CT molecular complexity index is 1920. The monoisotopic (exact) mass is 988 g/mol. The van der Waals surface area contributed by atoms with E-state index in [1.165, 1.54) is 7.11 Å². The highest BCUT2D eigenvalue weighted by atomic mass is 16.7. The van der Waals surface area contributed by atoms with Crippen molar-refractivity contribution in [2.24, 2.45) is 50.2 Å². The third-order valence-electron chi connectivity index (χ3n) is 19.5. The van der Waals surface area contributed by atoms with Crippen molar-refractivity contribution >= 4 is 11.9 Å². The molecule has 0 aromatic heterocycles. The van der Waals surface area contributed by atoms with Gasteiger partial charge in [0.05, 0.1) is 56.6 Å². The molecule has 0 aromatic carbocycles. The first-order chi connectivity index (χ1) is 32.4. The first kappa shape index (κ1) is 53.3. The molecule has 69 heavy (non-hydrogen) atoms. The van der Waals surface area contributed by atoms with Gasteiger partial charge in [0.2, 0.25) is 6.29 Å². The first-order valence-corrected chi connectivity index (χ1v) is 24.5. The minimum atomic E-state index is -1.80. The van der Waals surface area contributed by atoms with Crippen LogP contribution in [-0.2, 0) is 42.7 Å². The van der Waals surface area contributed by atoms with Crippen molar-refractivity contribution in [3.8, 4) is 0 Å². The van der Waals surface area contributed by atoms with Crippen LogP contribution < -0.4 is 0 Å². The highest BCUT2D eigenvalue weighted by Crippen LogP contribution is 2.76. The standard InChI is InChI=1S/C48H76O21/c1-43(41(61)63-6)11-13-48(42(62)69-40-36(60)33(57)30(54)25(18-50)66-40)14-12-46(4)21(22(48)15-43)7-8-28-44(2)16-23(52)37(45(3,20-51)27(44)9-10-47(28,46)5)68-38-34(58)31(55)26(19-64-38)67-39-35(59)32(56)29(53)24(17-49)65-39/h7,22-40,49-60H,8-20H2,1-6H3/t22-,23+,24-,25-,26-,27+,28-,29-,30-,31+,32+,33+,34-,35-,36-,37-,38+,39+,40+,43+,44-,45+,46-,47-,48+/m1/s1. The van der Waals surface area contributed by atoms with Gasteiger partial charge in [0, 0.05) is 5.41 Å². The summed E-state index contributed by atoms with van der Waals surface area (Å²) in [5, 5.41) is 128. The molecule has 0 unspecified atom stereocenters. The number of hydrogen-bond acceptors (Lipinski definition) is 21. The largest absolute Gasteiger partial charge is 0.469 e. The summed E-state index contributed by atoms with van der Waals surface area (Å²) in [6.45, 7) is 8.10. The van der Waals surface area contributed by atoms with E-state index in [9.17, 15) is 70.9 Å². The summed E-state index contributed by atoms with van der Waals surface area (Å²) in [6, 6.07) is 0. The first-order valence-electron chi connectivity index (χ1n) is 24.5. The molecule has 25 atom stereocenters. The van der Waals surface area contributed by atoms with Gasteiger partial charge in [-0.1, -0.05) is 39.3 Å². The molecule has 4 saturated carbocycles. The zero-order chi connectivity index (χ0) is 50.6. The van der Waals surface area contributed by atoms with E-state index in [2.05, 4.69) is 26.8 Å². The quantitative estimate of drug-likeness (QED) is 0.0632. The second-order valence-corrected chi connectivity index (χ2v) is 22.9. The molecule has 7 fully saturated rings. The third-order valence-corrected chi connectivity index (χ3v) is 19.5. The fraction of sp³-hybridized carbons (Fsp3) is 0.917. The molecule has 0 aromatic rings. The van der Waals surface area contributed by atoms with Crippen LogP contribution in [0, 0.1) is 50.2 Å². The van der Waals surface area contributed by atoms with Crippen molar-refractivity contribution in [2.45, 2.75) is 191 Å². The minimum absolute atomic E-state index is 0.0678. The summed E-state index contributed by atoms with van der Waals surface area (Å²) in [6.07, 6.45) is -18.7. The number of allylic oxidation sites excluding steroid dienone is 2. The topological polar surface area (TPSA) is 342 Å². The van der Waals surface area contributed by atoms with E-state index in [-0.39, 0.29) is 31.1 Å². The van der Waals surface area contributed by atoms with Crippen molar-refractivity contribution in [1.82, 2.24) is 0 Å². The predicted molar refractivity (Wildman–Crippen MR) is 233 cm³/mol. The van der Waals surface area contributed by atoms with Crippen molar-refractivity contribution in [3.63, 3.8) is 0 Å². The normalized spacial score (nSPS) is 54.2. The van der Waals surface area contributed by atoms with Crippen LogP contribution >= 0.6 is 0 Å². The molecule has 3 saturated heterocycles. The molecule has 0 amide bonds. The smallest absolute Gasteiger partial charge is 0.315 e. The van der Waals surface area contributed by atoms with Gasteiger partial charge >= 0.3 is 11.9 Å².